The fraction of sp³-hybridized carbons (Fsp3) is 0.160. The molecule has 0 aliphatic heterocycles. The lowest BCUT2D eigenvalue weighted by atomic mass is 10.0. The van der Waals surface area contributed by atoms with Crippen LogP contribution in [-0.4, -0.2) is 20.2 Å². The lowest BCUT2D eigenvalue weighted by molar-refractivity contribution is -0.133. The van der Waals surface area contributed by atoms with E-state index >= 15 is 0 Å². The molecule has 3 aromatic rings. The van der Waals surface area contributed by atoms with Crippen molar-refractivity contribution in [3.63, 3.8) is 0 Å². The molecule has 0 atom stereocenters. The average Bonchev–Trinajstić information content (AvgIpc) is 2.81. The molecule has 0 bridgehead atoms. The fourth-order valence-corrected chi connectivity index (χ4v) is 3.72. The summed E-state index contributed by atoms with van der Waals surface area (Å²) in [6, 6.07) is 17.8. The lowest BCUT2D eigenvalue weighted by Gasteiger charge is -2.15. The Labute approximate surface area is 207 Å². The number of hydrogen-bond donors (Lipinski definition) is 0. The molecule has 8 heteroatoms. The number of esters is 1. The molecule has 0 heterocycles. The molecule has 0 saturated carbocycles. The molecule has 0 aromatic heterocycles. The highest BCUT2D eigenvalue weighted by atomic mass is 35.5. The third-order valence-corrected chi connectivity index (χ3v) is 5.42. The van der Waals surface area contributed by atoms with Crippen LogP contribution in [0.5, 0.6) is 11.5 Å². The summed E-state index contributed by atoms with van der Waals surface area (Å²) in [5.41, 5.74) is 2.59. The minimum absolute atomic E-state index is 0.159. The van der Waals surface area contributed by atoms with Crippen molar-refractivity contribution in [3.8, 4) is 11.5 Å². The Kier molecular flexibility index (Phi) is 8.89. The largest absolute Gasteiger partial charge is 0.503 e. The topological polar surface area (TPSA) is 54.0 Å². The van der Waals surface area contributed by atoms with E-state index in [1.54, 1.807) is 30.3 Å². The molecule has 0 unspecified atom stereocenters. The van der Waals surface area contributed by atoms with Crippen molar-refractivity contribution < 1.29 is 23.7 Å². The van der Waals surface area contributed by atoms with Gasteiger partial charge in [0.25, 0.3) is 0 Å². The molecule has 0 fully saturated rings. The van der Waals surface area contributed by atoms with Crippen molar-refractivity contribution in [2.75, 3.05) is 14.2 Å². The third-order valence-electron chi connectivity index (χ3n) is 4.61. The molecular formula is C25H21Cl3O5. The zero-order valence-electron chi connectivity index (χ0n) is 17.9. The standard InChI is InChI=1S/C25H21Cl3O5/c1-30-15-21(25(29)31-2)20-6-4-3-5-17(20)14-32-19-11-22(27)24(23(28)12-19)33-13-16-7-9-18(26)10-8-16/h3-12,15H,13-14H2,1-2H3/b21-15+. The molecule has 0 saturated heterocycles. The average molecular weight is 508 g/mol. The minimum Gasteiger partial charge on any atom is -0.503 e. The van der Waals surface area contributed by atoms with E-state index in [-0.39, 0.29) is 18.8 Å². The first kappa shape index (κ1) is 24.8. The van der Waals surface area contributed by atoms with E-state index in [0.717, 1.165) is 11.1 Å². The number of methoxy groups -OCH3 is 2. The second kappa shape index (κ2) is 11.8. The second-order valence-electron chi connectivity index (χ2n) is 6.84. The summed E-state index contributed by atoms with van der Waals surface area (Å²) in [6.45, 7) is 0.443. The highest BCUT2D eigenvalue weighted by molar-refractivity contribution is 6.37. The highest BCUT2D eigenvalue weighted by Crippen LogP contribution is 2.38. The van der Waals surface area contributed by atoms with Gasteiger partial charge in [0.15, 0.2) is 5.75 Å². The predicted octanol–water partition coefficient (Wildman–Crippen LogP) is 6.97. The first-order valence-electron chi connectivity index (χ1n) is 9.81. The van der Waals surface area contributed by atoms with Crippen LogP contribution in [0.1, 0.15) is 16.7 Å². The van der Waals surface area contributed by atoms with E-state index in [9.17, 15) is 4.79 Å². The van der Waals surface area contributed by atoms with Gasteiger partial charge in [-0.25, -0.2) is 4.79 Å². The molecule has 3 rings (SSSR count). The van der Waals surface area contributed by atoms with Gasteiger partial charge >= 0.3 is 5.97 Å². The van der Waals surface area contributed by atoms with E-state index in [1.165, 1.54) is 20.5 Å². The van der Waals surface area contributed by atoms with Crippen molar-refractivity contribution in [2.24, 2.45) is 0 Å². The highest BCUT2D eigenvalue weighted by Gasteiger charge is 2.17. The number of ether oxygens (including phenoxy) is 4. The van der Waals surface area contributed by atoms with Crippen molar-refractivity contribution in [1.82, 2.24) is 0 Å². The third kappa shape index (κ3) is 6.57. The Hall–Kier alpha value is -2.86. The smallest absolute Gasteiger partial charge is 0.341 e. The molecule has 5 nitrogen and oxygen atoms in total. The van der Waals surface area contributed by atoms with Gasteiger partial charge in [0.05, 0.1) is 30.5 Å². The molecule has 3 aromatic carbocycles. The van der Waals surface area contributed by atoms with Gasteiger partial charge in [-0.05, 0) is 28.8 Å². The van der Waals surface area contributed by atoms with Gasteiger partial charge in [0, 0.05) is 17.2 Å². The second-order valence-corrected chi connectivity index (χ2v) is 8.09. The maximum atomic E-state index is 12.2. The van der Waals surface area contributed by atoms with Gasteiger partial charge in [-0.1, -0.05) is 71.2 Å². The van der Waals surface area contributed by atoms with Gasteiger partial charge in [0.2, 0.25) is 0 Å². The van der Waals surface area contributed by atoms with E-state index < -0.39 is 5.97 Å². The summed E-state index contributed by atoms with van der Waals surface area (Å²) >= 11 is 18.7. The summed E-state index contributed by atoms with van der Waals surface area (Å²) < 4.78 is 21.6. The summed E-state index contributed by atoms with van der Waals surface area (Å²) in [7, 11) is 2.77. The van der Waals surface area contributed by atoms with E-state index in [0.29, 0.717) is 32.1 Å². The first-order chi connectivity index (χ1) is 15.9. The van der Waals surface area contributed by atoms with E-state index in [4.69, 9.17) is 53.8 Å². The minimum atomic E-state index is -0.516. The van der Waals surface area contributed by atoms with Gasteiger partial charge < -0.3 is 18.9 Å². The number of benzene rings is 3. The van der Waals surface area contributed by atoms with Gasteiger partial charge in [0.1, 0.15) is 24.5 Å². The Morgan fingerprint density at radius 3 is 2.18 bits per heavy atom. The fourth-order valence-electron chi connectivity index (χ4n) is 3.01. The number of hydrogen-bond acceptors (Lipinski definition) is 5. The first-order valence-corrected chi connectivity index (χ1v) is 10.9. The van der Waals surface area contributed by atoms with Crippen LogP contribution in [0.2, 0.25) is 15.1 Å². The van der Waals surface area contributed by atoms with Crippen molar-refractivity contribution in [2.45, 2.75) is 13.2 Å². The van der Waals surface area contributed by atoms with Crippen LogP contribution in [0.4, 0.5) is 0 Å². The lowest BCUT2D eigenvalue weighted by Crippen LogP contribution is -2.08. The normalized spacial score (nSPS) is 11.1. The Bertz CT molecular complexity index is 1120. The summed E-state index contributed by atoms with van der Waals surface area (Å²) in [5.74, 6) is 0.295. The Morgan fingerprint density at radius 2 is 1.55 bits per heavy atom. The number of carbonyl (C=O) groups excluding carboxylic acids is 1. The molecular weight excluding hydrogens is 487 g/mol. The maximum Gasteiger partial charge on any atom is 0.341 e. The van der Waals surface area contributed by atoms with Crippen molar-refractivity contribution in [1.29, 1.82) is 0 Å². The van der Waals surface area contributed by atoms with Crippen LogP contribution in [0.15, 0.2) is 66.9 Å². The molecule has 0 radical (unpaired) electrons. The van der Waals surface area contributed by atoms with Crippen molar-refractivity contribution >= 4 is 46.3 Å². The van der Waals surface area contributed by atoms with Crippen LogP contribution >= 0.6 is 34.8 Å². The summed E-state index contributed by atoms with van der Waals surface area (Å²) in [5, 5.41) is 1.28. The van der Waals surface area contributed by atoms with Crippen molar-refractivity contribution in [3.05, 3.63) is 98.7 Å². The maximum absolute atomic E-state index is 12.2. The molecule has 33 heavy (non-hydrogen) atoms. The molecule has 0 amide bonds. The van der Waals surface area contributed by atoms with E-state index in [1.807, 2.05) is 30.3 Å². The van der Waals surface area contributed by atoms with Gasteiger partial charge in [-0.2, -0.15) is 0 Å². The van der Waals surface area contributed by atoms with Gasteiger partial charge in [-0.3, -0.25) is 0 Å². The van der Waals surface area contributed by atoms with Crippen LogP contribution in [0, 0.1) is 0 Å². The van der Waals surface area contributed by atoms with Crippen LogP contribution in [0.3, 0.4) is 0 Å². The summed E-state index contributed by atoms with van der Waals surface area (Å²) in [4.78, 5) is 12.2. The molecule has 0 aliphatic carbocycles. The van der Waals surface area contributed by atoms with Crippen LogP contribution in [0.25, 0.3) is 5.57 Å². The predicted molar refractivity (Wildman–Crippen MR) is 130 cm³/mol. The molecule has 0 N–H and O–H groups in total. The van der Waals surface area contributed by atoms with Gasteiger partial charge in [-0.15, -0.1) is 0 Å². The summed E-state index contributed by atoms with van der Waals surface area (Å²) in [6.07, 6.45) is 1.34. The van der Waals surface area contributed by atoms with E-state index in [2.05, 4.69) is 0 Å². The van der Waals surface area contributed by atoms with Crippen LogP contribution in [-0.2, 0) is 27.5 Å². The number of rotatable bonds is 9. The monoisotopic (exact) mass is 506 g/mol. The zero-order valence-corrected chi connectivity index (χ0v) is 20.2. The quantitative estimate of drug-likeness (QED) is 0.178. The van der Waals surface area contributed by atoms with Crippen LogP contribution < -0.4 is 9.47 Å². The SMILES string of the molecule is CO/C=C(/C(=O)OC)c1ccccc1COc1cc(Cl)c(OCc2ccc(Cl)cc2)c(Cl)c1. The Morgan fingerprint density at radius 1 is 0.879 bits per heavy atom. The Balaban J connectivity index is 1.74. The zero-order chi connectivity index (χ0) is 23.8. The number of halogens is 3. The molecule has 172 valence electrons. The molecule has 0 spiro atoms. The molecule has 0 aliphatic rings. The number of carbonyl (C=O) groups is 1.